The molecule has 0 aliphatic carbocycles. The third-order valence-corrected chi connectivity index (χ3v) is 3.95. The van der Waals surface area contributed by atoms with Gasteiger partial charge in [-0.15, -0.1) is 0 Å². The van der Waals surface area contributed by atoms with Crippen molar-refractivity contribution in [3.05, 3.63) is 54.4 Å². The first kappa shape index (κ1) is 19.2. The standard InChI is InChI=1S/C20H21N3O5/c1-13(27-15-7-5-4-6-8-15)20(24)21-12-18-22-19(23-28-18)14-9-10-16(25-2)17(11-14)26-3/h4-11,13H,12H2,1-3H3,(H,21,24). The van der Waals surface area contributed by atoms with Crippen LogP contribution in [0.15, 0.2) is 53.1 Å². The van der Waals surface area contributed by atoms with E-state index in [4.69, 9.17) is 18.7 Å². The maximum Gasteiger partial charge on any atom is 0.261 e. The van der Waals surface area contributed by atoms with Crippen LogP contribution in [0.3, 0.4) is 0 Å². The van der Waals surface area contributed by atoms with Gasteiger partial charge in [0.05, 0.1) is 20.8 Å². The van der Waals surface area contributed by atoms with Crippen LogP contribution >= 0.6 is 0 Å². The van der Waals surface area contributed by atoms with Gasteiger partial charge in [0.2, 0.25) is 11.7 Å². The van der Waals surface area contributed by atoms with Crippen LogP contribution in [0.4, 0.5) is 0 Å². The Morgan fingerprint density at radius 1 is 1.11 bits per heavy atom. The Morgan fingerprint density at radius 3 is 2.57 bits per heavy atom. The molecule has 8 nitrogen and oxygen atoms in total. The number of ether oxygens (including phenoxy) is 3. The molecule has 146 valence electrons. The molecule has 0 fully saturated rings. The summed E-state index contributed by atoms with van der Waals surface area (Å²) in [6, 6.07) is 14.4. The highest BCUT2D eigenvalue weighted by atomic mass is 16.5. The number of para-hydroxylation sites is 1. The Hall–Kier alpha value is -3.55. The lowest BCUT2D eigenvalue weighted by Crippen LogP contribution is -2.35. The van der Waals surface area contributed by atoms with Crippen LogP contribution in [0, 0.1) is 0 Å². The Kier molecular flexibility index (Phi) is 6.11. The van der Waals surface area contributed by atoms with Gasteiger partial charge in [0, 0.05) is 5.56 Å². The number of methoxy groups -OCH3 is 2. The van der Waals surface area contributed by atoms with Crippen molar-refractivity contribution >= 4 is 5.91 Å². The number of rotatable bonds is 8. The van der Waals surface area contributed by atoms with E-state index in [0.717, 1.165) is 0 Å². The van der Waals surface area contributed by atoms with Gasteiger partial charge in [0.25, 0.3) is 5.91 Å². The van der Waals surface area contributed by atoms with Crippen LogP contribution in [0.1, 0.15) is 12.8 Å². The molecule has 3 aromatic rings. The smallest absolute Gasteiger partial charge is 0.261 e. The van der Waals surface area contributed by atoms with Crippen molar-refractivity contribution < 1.29 is 23.5 Å². The summed E-state index contributed by atoms with van der Waals surface area (Å²) in [7, 11) is 3.12. The molecule has 28 heavy (non-hydrogen) atoms. The predicted octanol–water partition coefficient (Wildman–Crippen LogP) is 2.84. The highest BCUT2D eigenvalue weighted by Crippen LogP contribution is 2.31. The topological polar surface area (TPSA) is 95.7 Å². The molecule has 1 heterocycles. The minimum absolute atomic E-state index is 0.0988. The van der Waals surface area contributed by atoms with Crippen molar-refractivity contribution in [3.8, 4) is 28.6 Å². The summed E-state index contributed by atoms with van der Waals surface area (Å²) >= 11 is 0. The molecule has 1 N–H and O–H groups in total. The van der Waals surface area contributed by atoms with E-state index in [-0.39, 0.29) is 18.3 Å². The summed E-state index contributed by atoms with van der Waals surface area (Å²) in [4.78, 5) is 16.5. The van der Waals surface area contributed by atoms with Crippen LogP contribution in [0.25, 0.3) is 11.4 Å². The van der Waals surface area contributed by atoms with Crippen LogP contribution in [-0.4, -0.2) is 36.4 Å². The summed E-state index contributed by atoms with van der Waals surface area (Å²) in [6.07, 6.45) is -0.657. The van der Waals surface area contributed by atoms with Crippen molar-refractivity contribution in [2.24, 2.45) is 0 Å². The van der Waals surface area contributed by atoms with E-state index >= 15 is 0 Å². The van der Waals surface area contributed by atoms with Gasteiger partial charge < -0.3 is 24.1 Å². The molecule has 1 aromatic heterocycles. The number of nitrogens with one attached hydrogen (secondary N) is 1. The molecule has 3 rings (SSSR count). The van der Waals surface area contributed by atoms with Gasteiger partial charge >= 0.3 is 0 Å². The van der Waals surface area contributed by atoms with Crippen molar-refractivity contribution in [3.63, 3.8) is 0 Å². The molecule has 0 bridgehead atoms. The lowest BCUT2D eigenvalue weighted by molar-refractivity contribution is -0.127. The maximum atomic E-state index is 12.2. The van der Waals surface area contributed by atoms with Gasteiger partial charge in [-0.25, -0.2) is 0 Å². The van der Waals surface area contributed by atoms with Gasteiger partial charge in [-0.1, -0.05) is 23.4 Å². The largest absolute Gasteiger partial charge is 0.493 e. The first-order valence-corrected chi connectivity index (χ1v) is 8.65. The summed E-state index contributed by atoms with van der Waals surface area (Å²) in [5, 5.41) is 6.66. The van der Waals surface area contributed by atoms with Crippen molar-refractivity contribution in [2.75, 3.05) is 14.2 Å². The molecule has 0 aliphatic rings. The van der Waals surface area contributed by atoms with E-state index in [0.29, 0.717) is 28.6 Å². The number of carbonyl (C=O) groups excluding carboxylic acids is 1. The zero-order valence-electron chi connectivity index (χ0n) is 15.8. The Morgan fingerprint density at radius 2 is 1.86 bits per heavy atom. The first-order chi connectivity index (χ1) is 13.6. The lowest BCUT2D eigenvalue weighted by Gasteiger charge is -2.13. The average molecular weight is 383 g/mol. The van der Waals surface area contributed by atoms with Crippen LogP contribution in [0.2, 0.25) is 0 Å². The fourth-order valence-corrected chi connectivity index (χ4v) is 2.48. The second-order valence-electron chi connectivity index (χ2n) is 5.87. The number of carbonyl (C=O) groups is 1. The molecule has 1 unspecified atom stereocenters. The Labute approximate surface area is 162 Å². The second-order valence-corrected chi connectivity index (χ2v) is 5.87. The molecule has 1 atom stereocenters. The van der Waals surface area contributed by atoms with Gasteiger partial charge in [-0.3, -0.25) is 4.79 Å². The maximum absolute atomic E-state index is 12.2. The number of aromatic nitrogens is 2. The van der Waals surface area contributed by atoms with E-state index in [9.17, 15) is 4.79 Å². The van der Waals surface area contributed by atoms with E-state index in [1.807, 2.05) is 18.2 Å². The summed E-state index contributed by atoms with van der Waals surface area (Å²) < 4.78 is 21.3. The quantitative estimate of drug-likeness (QED) is 0.639. The molecular weight excluding hydrogens is 362 g/mol. The summed E-state index contributed by atoms with van der Waals surface area (Å²) in [6.45, 7) is 1.77. The zero-order chi connectivity index (χ0) is 19.9. The van der Waals surface area contributed by atoms with E-state index in [1.54, 1.807) is 51.5 Å². The van der Waals surface area contributed by atoms with E-state index in [2.05, 4.69) is 15.5 Å². The summed E-state index contributed by atoms with van der Waals surface area (Å²) in [5.74, 6) is 2.18. The fraction of sp³-hybridized carbons (Fsp3) is 0.250. The van der Waals surface area contributed by atoms with E-state index in [1.165, 1.54) is 0 Å². The average Bonchev–Trinajstić information content (AvgIpc) is 3.21. The minimum atomic E-state index is -0.657. The van der Waals surface area contributed by atoms with Gasteiger partial charge in [-0.05, 0) is 37.3 Å². The molecule has 8 heteroatoms. The molecule has 0 saturated carbocycles. The van der Waals surface area contributed by atoms with Crippen molar-refractivity contribution in [1.29, 1.82) is 0 Å². The van der Waals surface area contributed by atoms with Crippen molar-refractivity contribution in [1.82, 2.24) is 15.5 Å². The SMILES string of the molecule is COc1ccc(-c2noc(CNC(=O)C(C)Oc3ccccc3)n2)cc1OC. The van der Waals surface area contributed by atoms with Crippen molar-refractivity contribution in [2.45, 2.75) is 19.6 Å². The number of nitrogens with zero attached hydrogens (tertiary/aromatic N) is 2. The third kappa shape index (κ3) is 4.59. The number of amides is 1. The highest BCUT2D eigenvalue weighted by molar-refractivity contribution is 5.80. The van der Waals surface area contributed by atoms with Gasteiger partial charge in [-0.2, -0.15) is 4.98 Å². The van der Waals surface area contributed by atoms with E-state index < -0.39 is 6.10 Å². The fourth-order valence-electron chi connectivity index (χ4n) is 2.48. The molecule has 0 saturated heterocycles. The zero-order valence-corrected chi connectivity index (χ0v) is 15.8. The van der Waals surface area contributed by atoms with Gasteiger partial charge in [0.1, 0.15) is 5.75 Å². The number of benzene rings is 2. The van der Waals surface area contributed by atoms with Crippen LogP contribution < -0.4 is 19.5 Å². The highest BCUT2D eigenvalue weighted by Gasteiger charge is 2.17. The Bertz CT molecular complexity index is 927. The molecular formula is C20H21N3O5. The molecule has 0 radical (unpaired) electrons. The monoisotopic (exact) mass is 383 g/mol. The minimum Gasteiger partial charge on any atom is -0.493 e. The third-order valence-electron chi connectivity index (χ3n) is 3.95. The van der Waals surface area contributed by atoms with Crippen LogP contribution in [0.5, 0.6) is 17.2 Å². The molecule has 0 spiro atoms. The summed E-state index contributed by atoms with van der Waals surface area (Å²) in [5.41, 5.74) is 0.708. The normalized spacial score (nSPS) is 11.5. The molecule has 1 amide bonds. The van der Waals surface area contributed by atoms with Gasteiger partial charge in [0.15, 0.2) is 17.6 Å². The lowest BCUT2D eigenvalue weighted by atomic mass is 10.2. The first-order valence-electron chi connectivity index (χ1n) is 8.65. The number of hydrogen-bond acceptors (Lipinski definition) is 7. The number of hydrogen-bond donors (Lipinski definition) is 1. The molecule has 2 aromatic carbocycles. The molecule has 0 aliphatic heterocycles. The Balaban J connectivity index is 1.59. The predicted molar refractivity (Wildman–Crippen MR) is 101 cm³/mol. The van der Waals surface area contributed by atoms with Crippen LogP contribution in [-0.2, 0) is 11.3 Å². The second kappa shape index (κ2) is 8.90.